The number of hydrogen-bond donors (Lipinski definition) is 0. The van der Waals surface area contributed by atoms with E-state index >= 15 is 0 Å². The van der Waals surface area contributed by atoms with Gasteiger partial charge in [-0.05, 0) is 17.7 Å². The Morgan fingerprint density at radius 3 is 1.52 bits per heavy atom. The highest BCUT2D eigenvalue weighted by molar-refractivity contribution is 6.50. The molecule has 0 amide bonds. The van der Waals surface area contributed by atoms with Gasteiger partial charge in [-0.1, -0.05) is 60.1 Å². The van der Waals surface area contributed by atoms with E-state index in [1.54, 1.807) is 0 Å². The molecule has 27 heavy (non-hydrogen) atoms. The lowest BCUT2D eigenvalue weighted by atomic mass is 10.0. The van der Waals surface area contributed by atoms with Crippen LogP contribution in [-0.4, -0.2) is 50.6 Å². The molecule has 2 aromatic rings. The summed E-state index contributed by atoms with van der Waals surface area (Å²) in [5.41, 5.74) is 4.23. The minimum atomic E-state index is -6.00. The van der Waals surface area contributed by atoms with Crippen LogP contribution in [0.1, 0.15) is 11.1 Å². The Morgan fingerprint density at radius 2 is 1.19 bits per heavy atom. The first-order chi connectivity index (χ1) is 12.5. The summed E-state index contributed by atoms with van der Waals surface area (Å²) in [4.78, 5) is 2.06. The molecule has 0 bridgehead atoms. The molecule has 0 aromatic heterocycles. The van der Waals surface area contributed by atoms with Gasteiger partial charge in [0.15, 0.2) is 0 Å². The molecule has 0 N–H and O–H groups in total. The molecule has 0 heterocycles. The van der Waals surface area contributed by atoms with Crippen molar-refractivity contribution in [2.24, 2.45) is 0 Å². The van der Waals surface area contributed by atoms with Crippen LogP contribution in [0.4, 0.5) is 17.3 Å². The molecule has 0 fully saturated rings. The lowest BCUT2D eigenvalue weighted by Crippen LogP contribution is -2.20. The second kappa shape index (κ2) is 10.2. The molecule has 146 valence electrons. The zero-order valence-corrected chi connectivity index (χ0v) is 16.4. The van der Waals surface area contributed by atoms with Crippen molar-refractivity contribution in [2.45, 2.75) is 0 Å². The van der Waals surface area contributed by atoms with E-state index in [0.717, 1.165) is 27.6 Å². The SMILES string of the molecule is CN(C)/C(=C(/Cl)C(c1ccccc1)=[N+](C)C)c1ccccc1.F[B-](F)(F)F. The van der Waals surface area contributed by atoms with Crippen LogP contribution in [0, 0.1) is 0 Å². The van der Waals surface area contributed by atoms with Crippen molar-refractivity contribution in [1.82, 2.24) is 4.90 Å². The molecule has 0 aliphatic heterocycles. The minimum Gasteiger partial charge on any atom is -0.418 e. The zero-order valence-electron chi connectivity index (χ0n) is 15.6. The smallest absolute Gasteiger partial charge is 0.418 e. The van der Waals surface area contributed by atoms with Crippen molar-refractivity contribution in [3.63, 3.8) is 0 Å². The Labute approximate surface area is 162 Å². The van der Waals surface area contributed by atoms with Gasteiger partial charge in [-0.15, -0.1) is 0 Å². The zero-order chi connectivity index (χ0) is 20.6. The lowest BCUT2D eigenvalue weighted by Gasteiger charge is -2.19. The molecule has 2 rings (SSSR count). The maximum absolute atomic E-state index is 9.75. The fourth-order valence-corrected chi connectivity index (χ4v) is 3.02. The molecular formula is C19H22BClF4N2. The largest absolute Gasteiger partial charge is 0.673 e. The van der Waals surface area contributed by atoms with E-state index < -0.39 is 7.25 Å². The fourth-order valence-electron chi connectivity index (χ4n) is 2.47. The molecule has 8 heteroatoms. The third-order valence-corrected chi connectivity index (χ3v) is 3.76. The van der Waals surface area contributed by atoms with Gasteiger partial charge in [0.05, 0.1) is 5.70 Å². The second-order valence-electron chi connectivity index (χ2n) is 6.03. The minimum absolute atomic E-state index is 0.743. The summed E-state index contributed by atoms with van der Waals surface area (Å²) in [5, 5.41) is 0.743. The van der Waals surface area contributed by atoms with Crippen LogP contribution in [0.2, 0.25) is 0 Å². The van der Waals surface area contributed by atoms with Gasteiger partial charge in [0.1, 0.15) is 19.1 Å². The highest BCUT2D eigenvalue weighted by Gasteiger charge is 2.22. The molecule has 0 atom stereocenters. The molecule has 0 unspecified atom stereocenters. The Morgan fingerprint density at radius 1 is 0.815 bits per heavy atom. The van der Waals surface area contributed by atoms with E-state index in [9.17, 15) is 17.3 Å². The van der Waals surface area contributed by atoms with E-state index in [2.05, 4.69) is 33.7 Å². The van der Waals surface area contributed by atoms with Crippen molar-refractivity contribution in [3.05, 3.63) is 76.8 Å². The maximum atomic E-state index is 9.75. The normalized spacial score (nSPS) is 11.7. The molecule has 0 spiro atoms. The predicted molar refractivity (Wildman–Crippen MR) is 106 cm³/mol. The summed E-state index contributed by atoms with van der Waals surface area (Å²) >= 11 is 6.83. The molecule has 0 radical (unpaired) electrons. The third kappa shape index (κ3) is 7.87. The van der Waals surface area contributed by atoms with Gasteiger partial charge in [0.2, 0.25) is 5.71 Å². The van der Waals surface area contributed by atoms with E-state index in [-0.39, 0.29) is 0 Å². The molecule has 2 aromatic carbocycles. The van der Waals surface area contributed by atoms with E-state index in [1.165, 1.54) is 0 Å². The van der Waals surface area contributed by atoms with Gasteiger partial charge < -0.3 is 22.2 Å². The fraction of sp³-hybridized carbons (Fsp3) is 0.211. The van der Waals surface area contributed by atoms with Crippen molar-refractivity contribution in [1.29, 1.82) is 0 Å². The Balaban J connectivity index is 0.000000646. The van der Waals surface area contributed by atoms with Crippen LogP contribution >= 0.6 is 11.6 Å². The summed E-state index contributed by atoms with van der Waals surface area (Å²) in [6, 6.07) is 20.5. The van der Waals surface area contributed by atoms with E-state index in [1.807, 2.05) is 64.6 Å². The van der Waals surface area contributed by atoms with Crippen LogP contribution in [0.25, 0.3) is 5.70 Å². The Bertz CT molecular complexity index is 778. The molecule has 0 saturated heterocycles. The van der Waals surface area contributed by atoms with Gasteiger partial charge in [0, 0.05) is 19.7 Å². The number of halogens is 5. The highest BCUT2D eigenvalue weighted by Crippen LogP contribution is 2.26. The average Bonchev–Trinajstić information content (AvgIpc) is 2.55. The third-order valence-electron chi connectivity index (χ3n) is 3.40. The summed E-state index contributed by atoms with van der Waals surface area (Å²) in [6.07, 6.45) is 0. The predicted octanol–water partition coefficient (Wildman–Crippen LogP) is 5.22. The second-order valence-corrected chi connectivity index (χ2v) is 6.40. The number of rotatable bonds is 4. The molecule has 0 aliphatic carbocycles. The molecule has 2 nitrogen and oxygen atoms in total. The standard InChI is InChI=1S/C19H22ClN2.BF4/c1-21(2)18(15-11-7-5-8-12-15)17(20)19(22(3)4)16-13-9-6-10-14-16;2-1(3,4)5/h5-14H,1-4H3;/q+1;-1. The monoisotopic (exact) mass is 400 g/mol. The van der Waals surface area contributed by atoms with Crippen LogP contribution in [0.15, 0.2) is 65.7 Å². The summed E-state index contributed by atoms with van der Waals surface area (Å²) in [6.45, 7) is 0. The summed E-state index contributed by atoms with van der Waals surface area (Å²) in [7, 11) is 2.07. The van der Waals surface area contributed by atoms with Crippen molar-refractivity contribution >= 4 is 30.3 Å². The van der Waals surface area contributed by atoms with Crippen LogP contribution in [0.5, 0.6) is 0 Å². The number of nitrogens with zero attached hydrogens (tertiary/aromatic N) is 2. The lowest BCUT2D eigenvalue weighted by molar-refractivity contribution is -0.463. The molecule has 0 saturated carbocycles. The van der Waals surface area contributed by atoms with Gasteiger partial charge in [-0.25, -0.2) is 4.58 Å². The average molecular weight is 401 g/mol. The maximum Gasteiger partial charge on any atom is 0.673 e. The van der Waals surface area contributed by atoms with Crippen LogP contribution in [-0.2, 0) is 0 Å². The molecular weight excluding hydrogens is 378 g/mol. The van der Waals surface area contributed by atoms with Crippen molar-refractivity contribution in [2.75, 3.05) is 28.2 Å². The molecule has 0 aliphatic rings. The van der Waals surface area contributed by atoms with Crippen LogP contribution < -0.4 is 0 Å². The Kier molecular flexibility index (Phi) is 8.57. The van der Waals surface area contributed by atoms with Gasteiger partial charge in [0.25, 0.3) is 0 Å². The quantitative estimate of drug-likeness (QED) is 0.295. The van der Waals surface area contributed by atoms with Gasteiger partial charge >= 0.3 is 7.25 Å². The van der Waals surface area contributed by atoms with Crippen molar-refractivity contribution < 1.29 is 21.8 Å². The first kappa shape index (κ1) is 22.8. The number of benzene rings is 2. The highest BCUT2D eigenvalue weighted by atomic mass is 35.5. The summed E-state index contributed by atoms with van der Waals surface area (Å²) < 4.78 is 41.1. The van der Waals surface area contributed by atoms with Gasteiger partial charge in [-0.2, -0.15) is 0 Å². The first-order valence-corrected chi connectivity index (χ1v) is 8.50. The summed E-state index contributed by atoms with van der Waals surface area (Å²) in [5.74, 6) is 0. The first-order valence-electron chi connectivity index (χ1n) is 8.12. The van der Waals surface area contributed by atoms with E-state index in [4.69, 9.17) is 11.6 Å². The number of allylic oxidation sites excluding steroid dienone is 1. The van der Waals surface area contributed by atoms with E-state index in [0.29, 0.717) is 0 Å². The Hall–Kier alpha value is -2.28. The topological polar surface area (TPSA) is 6.25 Å². The van der Waals surface area contributed by atoms with Gasteiger partial charge in [-0.3, -0.25) is 0 Å². The van der Waals surface area contributed by atoms with Crippen molar-refractivity contribution in [3.8, 4) is 0 Å². The van der Waals surface area contributed by atoms with Crippen LogP contribution in [0.3, 0.4) is 0 Å². The number of hydrogen-bond acceptors (Lipinski definition) is 1.